The van der Waals surface area contributed by atoms with E-state index in [0.717, 1.165) is 43.4 Å². The Morgan fingerprint density at radius 3 is 2.35 bits per heavy atom. The highest BCUT2D eigenvalue weighted by Gasteiger charge is 2.13. The quantitative estimate of drug-likeness (QED) is 0.203. The van der Waals surface area contributed by atoms with Gasteiger partial charge in [-0.15, -0.1) is 0 Å². The number of aromatic nitrogens is 1. The summed E-state index contributed by atoms with van der Waals surface area (Å²) >= 11 is 0. The van der Waals surface area contributed by atoms with Gasteiger partial charge in [-0.25, -0.2) is 9.78 Å². The van der Waals surface area contributed by atoms with Crippen molar-refractivity contribution in [3.05, 3.63) is 65.7 Å². The molecule has 3 rings (SSSR count). The molecule has 2 aromatic carbocycles. The highest BCUT2D eigenvalue weighted by Crippen LogP contribution is 2.22. The number of rotatable bonds is 12. The smallest absolute Gasteiger partial charge is 0.338 e. The number of pyridine rings is 1. The third-order valence-corrected chi connectivity index (χ3v) is 5.71. The van der Waals surface area contributed by atoms with Gasteiger partial charge in [-0.05, 0) is 56.8 Å². The number of unbranched alkanes of at least 4 members (excludes halogenated alkanes) is 1. The number of hydrogen-bond donors (Lipinski definition) is 2. The Morgan fingerprint density at radius 1 is 1.00 bits per heavy atom. The number of amides is 1. The number of esters is 1. The monoisotopic (exact) mass is 508 g/mol. The highest BCUT2D eigenvalue weighted by atomic mass is 16.5. The number of benzene rings is 2. The van der Waals surface area contributed by atoms with Gasteiger partial charge in [0.15, 0.2) is 0 Å². The van der Waals surface area contributed by atoms with Crippen molar-refractivity contribution in [3.63, 3.8) is 0 Å². The molecular weight excluding hydrogens is 468 g/mol. The Hall–Kier alpha value is -3.65. The summed E-state index contributed by atoms with van der Waals surface area (Å²) in [6.07, 6.45) is 2.03. The summed E-state index contributed by atoms with van der Waals surface area (Å²) in [5, 5.41) is 3.87. The molecule has 37 heavy (non-hydrogen) atoms. The van der Waals surface area contributed by atoms with E-state index in [1.165, 1.54) is 0 Å². The molecule has 0 saturated heterocycles. The molecule has 0 bridgehead atoms. The zero-order valence-electron chi connectivity index (χ0n) is 22.5. The summed E-state index contributed by atoms with van der Waals surface area (Å²) in [5.41, 5.74) is 8.03. The molecule has 1 amide bonds. The largest absolute Gasteiger partial charge is 0.478 e. The Bertz CT molecular complexity index is 1110. The topological polar surface area (TPSA) is 107 Å². The van der Waals surface area contributed by atoms with E-state index in [2.05, 4.69) is 36.0 Å². The average molecular weight is 509 g/mol. The molecule has 3 N–H and O–H groups in total. The van der Waals surface area contributed by atoms with Crippen molar-refractivity contribution in [3.8, 4) is 5.88 Å². The minimum atomic E-state index is -0.308. The van der Waals surface area contributed by atoms with Crippen molar-refractivity contribution in [1.29, 1.82) is 0 Å². The van der Waals surface area contributed by atoms with Crippen molar-refractivity contribution >= 4 is 28.5 Å². The standard InChI is InChI=1S/C20H29N3O2.C9H11NO2/c1-4-7-14-25-19-15-17(16-10-8-9-11-18(16)22-19)20(24)21-12-13-23(5-2)6-3;1-2-12-9(11)7-3-5-8(10)6-4-7/h8-11,15H,4-7,12-14H2,1-3H3,(H,21,24);3-6H,2,10H2,1H3. The summed E-state index contributed by atoms with van der Waals surface area (Å²) in [4.78, 5) is 30.6. The van der Waals surface area contributed by atoms with E-state index in [0.29, 0.717) is 42.5 Å². The molecule has 0 fully saturated rings. The van der Waals surface area contributed by atoms with Gasteiger partial charge in [-0.2, -0.15) is 0 Å². The summed E-state index contributed by atoms with van der Waals surface area (Å²) in [7, 11) is 0. The number of ether oxygens (including phenoxy) is 2. The fourth-order valence-electron chi connectivity index (χ4n) is 3.53. The van der Waals surface area contributed by atoms with Crippen LogP contribution in [0.25, 0.3) is 10.9 Å². The van der Waals surface area contributed by atoms with Gasteiger partial charge in [0, 0.05) is 30.2 Å². The Morgan fingerprint density at radius 2 is 1.70 bits per heavy atom. The lowest BCUT2D eigenvalue weighted by Crippen LogP contribution is -2.34. The third-order valence-electron chi connectivity index (χ3n) is 5.71. The van der Waals surface area contributed by atoms with Gasteiger partial charge in [-0.1, -0.05) is 45.4 Å². The molecule has 200 valence electrons. The van der Waals surface area contributed by atoms with E-state index in [9.17, 15) is 9.59 Å². The lowest BCUT2D eigenvalue weighted by Gasteiger charge is -2.18. The SMILES string of the molecule is CCCCOc1cc(C(=O)NCCN(CC)CC)c2ccccc2n1.CCOC(=O)c1ccc(N)cc1. The predicted molar refractivity (Wildman–Crippen MR) is 149 cm³/mol. The fourth-order valence-corrected chi connectivity index (χ4v) is 3.53. The Labute approximate surface area is 220 Å². The molecule has 0 spiro atoms. The van der Waals surface area contributed by atoms with E-state index in [4.69, 9.17) is 15.2 Å². The van der Waals surface area contributed by atoms with Crippen LogP contribution in [0.1, 0.15) is 61.3 Å². The second-order valence-corrected chi connectivity index (χ2v) is 8.35. The summed E-state index contributed by atoms with van der Waals surface area (Å²) in [5.74, 6) is 0.129. The first-order valence-electron chi connectivity index (χ1n) is 13.0. The van der Waals surface area contributed by atoms with Crippen molar-refractivity contribution in [1.82, 2.24) is 15.2 Å². The van der Waals surface area contributed by atoms with Crippen molar-refractivity contribution in [2.24, 2.45) is 0 Å². The van der Waals surface area contributed by atoms with Crippen LogP contribution in [-0.2, 0) is 4.74 Å². The zero-order chi connectivity index (χ0) is 27.0. The molecule has 0 saturated carbocycles. The first-order valence-corrected chi connectivity index (χ1v) is 13.0. The fraction of sp³-hybridized carbons (Fsp3) is 0.414. The number of nitrogens with zero attached hydrogens (tertiary/aromatic N) is 2. The van der Waals surface area contributed by atoms with Crippen molar-refractivity contribution < 1.29 is 19.1 Å². The zero-order valence-corrected chi connectivity index (χ0v) is 22.5. The van der Waals surface area contributed by atoms with Crippen LogP contribution in [0.2, 0.25) is 0 Å². The number of carbonyl (C=O) groups is 2. The van der Waals surface area contributed by atoms with Gasteiger partial charge in [0.2, 0.25) is 5.88 Å². The van der Waals surface area contributed by atoms with Gasteiger partial charge in [0.1, 0.15) is 0 Å². The molecule has 1 aromatic heterocycles. The molecule has 0 aliphatic heterocycles. The molecule has 3 aromatic rings. The van der Waals surface area contributed by atoms with Gasteiger partial charge in [0.25, 0.3) is 5.91 Å². The molecule has 0 unspecified atom stereocenters. The van der Waals surface area contributed by atoms with Gasteiger partial charge >= 0.3 is 5.97 Å². The van der Waals surface area contributed by atoms with Crippen LogP contribution >= 0.6 is 0 Å². The highest BCUT2D eigenvalue weighted by molar-refractivity contribution is 6.06. The van der Waals surface area contributed by atoms with Crippen LogP contribution < -0.4 is 15.8 Å². The molecule has 1 heterocycles. The minimum absolute atomic E-state index is 0.0777. The maximum atomic E-state index is 12.7. The molecule has 8 nitrogen and oxygen atoms in total. The van der Waals surface area contributed by atoms with Crippen LogP contribution in [0.15, 0.2) is 54.6 Å². The number of hydrogen-bond acceptors (Lipinski definition) is 7. The maximum Gasteiger partial charge on any atom is 0.338 e. The van der Waals surface area contributed by atoms with Gasteiger partial charge < -0.3 is 25.4 Å². The maximum absolute atomic E-state index is 12.7. The first-order chi connectivity index (χ1) is 17.9. The number of fused-ring (bicyclic) bond motifs is 1. The normalized spacial score (nSPS) is 10.5. The molecular formula is C29H40N4O4. The lowest BCUT2D eigenvalue weighted by atomic mass is 10.1. The van der Waals surface area contributed by atoms with Crippen LogP contribution in [0.4, 0.5) is 5.69 Å². The lowest BCUT2D eigenvalue weighted by molar-refractivity contribution is 0.0526. The van der Waals surface area contributed by atoms with E-state index in [-0.39, 0.29) is 11.9 Å². The number of nitrogen functional groups attached to an aromatic ring is 1. The molecule has 8 heteroatoms. The summed E-state index contributed by atoms with van der Waals surface area (Å²) < 4.78 is 10.5. The Balaban J connectivity index is 0.000000335. The number of likely N-dealkylation sites (N-methyl/N-ethyl adjacent to an activating group) is 1. The van der Waals surface area contributed by atoms with E-state index in [1.807, 2.05) is 24.3 Å². The number of carbonyl (C=O) groups excluding carboxylic acids is 2. The van der Waals surface area contributed by atoms with E-state index in [1.54, 1.807) is 37.3 Å². The predicted octanol–water partition coefficient (Wildman–Crippen LogP) is 4.93. The van der Waals surface area contributed by atoms with Crippen molar-refractivity contribution in [2.75, 3.05) is 45.1 Å². The molecule has 0 aliphatic rings. The summed E-state index contributed by atoms with van der Waals surface area (Å²) in [6.45, 7) is 12.6. The molecule has 0 atom stereocenters. The summed E-state index contributed by atoms with van der Waals surface area (Å²) in [6, 6.07) is 16.1. The minimum Gasteiger partial charge on any atom is -0.478 e. The van der Waals surface area contributed by atoms with Gasteiger partial charge in [-0.3, -0.25) is 4.79 Å². The van der Waals surface area contributed by atoms with Crippen LogP contribution in [0.3, 0.4) is 0 Å². The molecule has 0 aliphatic carbocycles. The van der Waals surface area contributed by atoms with E-state index < -0.39 is 0 Å². The average Bonchev–Trinajstić information content (AvgIpc) is 2.91. The van der Waals surface area contributed by atoms with Crippen LogP contribution in [0.5, 0.6) is 5.88 Å². The number of anilines is 1. The number of nitrogens with one attached hydrogen (secondary N) is 1. The van der Waals surface area contributed by atoms with E-state index >= 15 is 0 Å². The third kappa shape index (κ3) is 9.73. The van der Waals surface area contributed by atoms with Crippen LogP contribution in [0, 0.1) is 0 Å². The second-order valence-electron chi connectivity index (χ2n) is 8.35. The number of para-hydroxylation sites is 1. The number of nitrogens with two attached hydrogens (primary N) is 1. The molecule has 0 radical (unpaired) electrons. The van der Waals surface area contributed by atoms with Crippen LogP contribution in [-0.4, -0.2) is 61.2 Å². The second kappa shape index (κ2) is 16.2. The van der Waals surface area contributed by atoms with Crippen molar-refractivity contribution in [2.45, 2.75) is 40.5 Å². The van der Waals surface area contributed by atoms with Gasteiger partial charge in [0.05, 0.1) is 29.9 Å². The first kappa shape index (κ1) is 29.6. The Kier molecular flexibility index (Phi) is 12.9.